The van der Waals surface area contributed by atoms with E-state index in [-0.39, 0.29) is 5.69 Å². The molecular formula is C15H12N4O3. The van der Waals surface area contributed by atoms with Crippen LogP contribution >= 0.6 is 0 Å². The quantitative estimate of drug-likeness (QED) is 0.590. The Hall–Kier alpha value is -3.22. The van der Waals surface area contributed by atoms with E-state index in [0.29, 0.717) is 17.2 Å². The van der Waals surface area contributed by atoms with E-state index in [1.165, 1.54) is 6.07 Å². The second kappa shape index (κ2) is 5.65. The third-order valence-electron chi connectivity index (χ3n) is 3.19. The van der Waals surface area contributed by atoms with E-state index in [0.717, 1.165) is 11.3 Å². The van der Waals surface area contributed by atoms with Gasteiger partial charge in [-0.1, -0.05) is 12.1 Å². The zero-order valence-corrected chi connectivity index (χ0v) is 11.7. The molecule has 1 N–H and O–H groups in total. The third-order valence-corrected chi connectivity index (χ3v) is 3.19. The fraction of sp³-hybridized carbons (Fsp3) is 0.0667. The summed E-state index contributed by atoms with van der Waals surface area (Å²) in [5.74, 6) is 1.56. The minimum atomic E-state index is -0.440. The van der Waals surface area contributed by atoms with E-state index in [1.54, 1.807) is 37.4 Å². The number of hydrogen-bond acceptors (Lipinski definition) is 5. The minimum absolute atomic E-state index is 0.0140. The topological polar surface area (TPSA) is 93.9 Å². The van der Waals surface area contributed by atoms with Gasteiger partial charge in [0.05, 0.1) is 17.6 Å². The molecule has 0 amide bonds. The summed E-state index contributed by atoms with van der Waals surface area (Å²) in [5, 5.41) is 17.9. The highest BCUT2D eigenvalue weighted by Gasteiger charge is 2.17. The fourth-order valence-electron chi connectivity index (χ4n) is 2.08. The Labute approximate surface area is 125 Å². The first-order chi connectivity index (χ1) is 10.7. The average molecular weight is 296 g/mol. The number of para-hydroxylation sites is 1. The van der Waals surface area contributed by atoms with Crippen LogP contribution in [0.15, 0.2) is 48.5 Å². The monoisotopic (exact) mass is 296 g/mol. The molecular weight excluding hydrogens is 284 g/mol. The number of hydrogen-bond donors (Lipinski definition) is 1. The Morgan fingerprint density at radius 3 is 2.55 bits per heavy atom. The van der Waals surface area contributed by atoms with Crippen LogP contribution in [0.3, 0.4) is 0 Å². The van der Waals surface area contributed by atoms with Crippen LogP contribution in [0.1, 0.15) is 0 Å². The molecule has 0 aliphatic rings. The van der Waals surface area contributed by atoms with Crippen LogP contribution < -0.4 is 4.74 Å². The lowest BCUT2D eigenvalue weighted by molar-refractivity contribution is -0.384. The van der Waals surface area contributed by atoms with E-state index < -0.39 is 4.92 Å². The molecule has 1 heterocycles. The van der Waals surface area contributed by atoms with Crippen LogP contribution in [0.2, 0.25) is 0 Å². The summed E-state index contributed by atoms with van der Waals surface area (Å²) in [6.45, 7) is 0. The highest BCUT2D eigenvalue weighted by Crippen LogP contribution is 2.28. The summed E-state index contributed by atoms with van der Waals surface area (Å²) in [7, 11) is 1.59. The summed E-state index contributed by atoms with van der Waals surface area (Å²) < 4.78 is 5.10. The van der Waals surface area contributed by atoms with Gasteiger partial charge in [0.1, 0.15) is 5.75 Å². The summed E-state index contributed by atoms with van der Waals surface area (Å²) in [6, 6.07) is 13.7. The number of nitrogens with zero attached hydrogens (tertiary/aromatic N) is 3. The summed E-state index contributed by atoms with van der Waals surface area (Å²) in [4.78, 5) is 15.0. The molecule has 3 rings (SSSR count). The van der Waals surface area contributed by atoms with Crippen LogP contribution in [0, 0.1) is 10.1 Å². The first kappa shape index (κ1) is 13.7. The van der Waals surface area contributed by atoms with Crippen molar-refractivity contribution in [1.82, 2.24) is 15.2 Å². The molecule has 0 saturated heterocycles. The number of nitro groups is 1. The van der Waals surface area contributed by atoms with Gasteiger partial charge in [-0.25, -0.2) is 4.98 Å². The molecule has 22 heavy (non-hydrogen) atoms. The lowest BCUT2D eigenvalue weighted by Gasteiger charge is -1.99. The van der Waals surface area contributed by atoms with Gasteiger partial charge in [0, 0.05) is 11.6 Å². The highest BCUT2D eigenvalue weighted by atomic mass is 16.6. The number of nitrogens with one attached hydrogen (secondary N) is 1. The zero-order valence-electron chi connectivity index (χ0n) is 11.7. The van der Waals surface area contributed by atoms with Gasteiger partial charge < -0.3 is 4.74 Å². The van der Waals surface area contributed by atoms with Crippen molar-refractivity contribution < 1.29 is 9.66 Å². The molecule has 110 valence electrons. The molecule has 0 fully saturated rings. The van der Waals surface area contributed by atoms with E-state index in [9.17, 15) is 10.1 Å². The van der Waals surface area contributed by atoms with Gasteiger partial charge in [-0.05, 0) is 30.3 Å². The Bertz CT molecular complexity index is 812. The van der Waals surface area contributed by atoms with Gasteiger partial charge in [-0.15, -0.1) is 0 Å². The van der Waals surface area contributed by atoms with Gasteiger partial charge in [-0.3, -0.25) is 15.2 Å². The molecule has 0 bridgehead atoms. The molecule has 0 atom stereocenters. The molecule has 0 radical (unpaired) electrons. The number of methoxy groups -OCH3 is 1. The van der Waals surface area contributed by atoms with Crippen LogP contribution in [0.25, 0.3) is 22.8 Å². The maximum Gasteiger partial charge on any atom is 0.280 e. The molecule has 2 aromatic carbocycles. The SMILES string of the molecule is COc1ccc(-c2n[nH]c(-c3ccccc3[N+](=O)[O-])n2)cc1. The van der Waals surface area contributed by atoms with Crippen LogP contribution in [-0.2, 0) is 0 Å². The van der Waals surface area contributed by atoms with Crippen molar-refractivity contribution in [2.24, 2.45) is 0 Å². The van der Waals surface area contributed by atoms with Gasteiger partial charge in [0.15, 0.2) is 11.6 Å². The lowest BCUT2D eigenvalue weighted by atomic mass is 10.1. The van der Waals surface area contributed by atoms with Gasteiger partial charge in [0.2, 0.25) is 0 Å². The summed E-state index contributed by atoms with van der Waals surface area (Å²) in [6.07, 6.45) is 0. The number of aromatic nitrogens is 3. The van der Waals surface area contributed by atoms with Crippen molar-refractivity contribution in [2.75, 3.05) is 7.11 Å². The predicted octanol–water partition coefficient (Wildman–Crippen LogP) is 3.06. The molecule has 0 unspecified atom stereocenters. The number of rotatable bonds is 4. The first-order valence-electron chi connectivity index (χ1n) is 6.49. The van der Waals surface area contributed by atoms with E-state index in [4.69, 9.17) is 4.74 Å². The number of ether oxygens (including phenoxy) is 1. The number of H-pyrrole nitrogens is 1. The molecule has 0 saturated carbocycles. The lowest BCUT2D eigenvalue weighted by Crippen LogP contribution is -1.92. The standard InChI is InChI=1S/C15H12N4O3/c1-22-11-8-6-10(7-9-11)14-16-15(18-17-14)12-4-2-3-5-13(12)19(20)21/h2-9H,1H3,(H,16,17,18). The molecule has 0 aliphatic heterocycles. The summed E-state index contributed by atoms with van der Waals surface area (Å²) >= 11 is 0. The molecule has 1 aromatic heterocycles. The largest absolute Gasteiger partial charge is 0.497 e. The summed E-state index contributed by atoms with van der Waals surface area (Å²) in [5.41, 5.74) is 1.18. The second-order valence-corrected chi connectivity index (χ2v) is 4.51. The van der Waals surface area contributed by atoms with Crippen molar-refractivity contribution in [1.29, 1.82) is 0 Å². The van der Waals surface area contributed by atoms with Crippen molar-refractivity contribution in [3.63, 3.8) is 0 Å². The number of nitro benzene ring substituents is 1. The molecule has 7 heteroatoms. The maximum absolute atomic E-state index is 11.1. The number of aromatic amines is 1. The normalized spacial score (nSPS) is 10.4. The molecule has 7 nitrogen and oxygen atoms in total. The molecule has 3 aromatic rings. The third kappa shape index (κ3) is 2.51. The highest BCUT2D eigenvalue weighted by molar-refractivity contribution is 5.69. The predicted molar refractivity (Wildman–Crippen MR) is 80.5 cm³/mol. The Kier molecular flexibility index (Phi) is 3.53. The van der Waals surface area contributed by atoms with Crippen molar-refractivity contribution in [2.45, 2.75) is 0 Å². The first-order valence-corrected chi connectivity index (χ1v) is 6.49. The Morgan fingerprint density at radius 1 is 1.14 bits per heavy atom. The van der Waals surface area contributed by atoms with Crippen LogP contribution in [0.5, 0.6) is 5.75 Å². The second-order valence-electron chi connectivity index (χ2n) is 4.51. The Balaban J connectivity index is 1.98. The average Bonchev–Trinajstić information content (AvgIpc) is 3.04. The van der Waals surface area contributed by atoms with Crippen molar-refractivity contribution >= 4 is 5.69 Å². The van der Waals surface area contributed by atoms with Gasteiger partial charge >= 0.3 is 0 Å². The zero-order chi connectivity index (χ0) is 15.5. The van der Waals surface area contributed by atoms with E-state index >= 15 is 0 Å². The smallest absolute Gasteiger partial charge is 0.280 e. The molecule has 0 spiro atoms. The van der Waals surface area contributed by atoms with Crippen LogP contribution in [0.4, 0.5) is 5.69 Å². The van der Waals surface area contributed by atoms with Gasteiger partial charge in [-0.2, -0.15) is 5.10 Å². The van der Waals surface area contributed by atoms with E-state index in [2.05, 4.69) is 15.2 Å². The van der Waals surface area contributed by atoms with Crippen molar-refractivity contribution in [3.05, 3.63) is 58.6 Å². The fourth-order valence-corrected chi connectivity index (χ4v) is 2.08. The Morgan fingerprint density at radius 2 is 1.86 bits per heavy atom. The maximum atomic E-state index is 11.1. The van der Waals surface area contributed by atoms with Crippen LogP contribution in [-0.4, -0.2) is 27.2 Å². The number of benzene rings is 2. The van der Waals surface area contributed by atoms with E-state index in [1.807, 2.05) is 12.1 Å². The molecule has 0 aliphatic carbocycles. The minimum Gasteiger partial charge on any atom is -0.497 e. The van der Waals surface area contributed by atoms with Gasteiger partial charge in [0.25, 0.3) is 5.69 Å². The van der Waals surface area contributed by atoms with Crippen molar-refractivity contribution in [3.8, 4) is 28.5 Å².